The summed E-state index contributed by atoms with van der Waals surface area (Å²) in [5, 5.41) is 25.0. The molecule has 0 radical (unpaired) electrons. The maximum Gasteiger partial charge on any atom is 0.417 e. The van der Waals surface area contributed by atoms with Crippen LogP contribution in [-0.2, 0) is 12.7 Å². The van der Waals surface area contributed by atoms with Crippen LogP contribution in [0.1, 0.15) is 37.0 Å². The third kappa shape index (κ3) is 3.84. The number of nitrogens with zero attached hydrogens (tertiary/aromatic N) is 3. The molecule has 4 N–H and O–H groups in total. The molecule has 7 nitrogen and oxygen atoms in total. The quantitative estimate of drug-likeness (QED) is 0.720. The highest BCUT2D eigenvalue weighted by Gasteiger charge is 2.47. The van der Waals surface area contributed by atoms with Gasteiger partial charge in [0.2, 0.25) is 5.95 Å². The van der Waals surface area contributed by atoms with E-state index in [0.29, 0.717) is 6.42 Å². The molecule has 1 aliphatic carbocycles. The molecule has 2 atom stereocenters. The first-order chi connectivity index (χ1) is 13.1. The Hall–Kier alpha value is -2.93. The van der Waals surface area contributed by atoms with Gasteiger partial charge in [0, 0.05) is 29.6 Å². The van der Waals surface area contributed by atoms with Crippen LogP contribution < -0.4 is 15.6 Å². The Balaban J connectivity index is 1.77. The smallest absolute Gasteiger partial charge is 0.392 e. The van der Waals surface area contributed by atoms with Crippen molar-refractivity contribution in [2.45, 2.75) is 45.1 Å². The number of rotatable bonds is 5. The number of aromatic amines is 1. The zero-order valence-electron chi connectivity index (χ0n) is 15.3. The van der Waals surface area contributed by atoms with Gasteiger partial charge < -0.3 is 15.7 Å². The van der Waals surface area contributed by atoms with Gasteiger partial charge in [0.1, 0.15) is 17.5 Å². The molecule has 0 unspecified atom stereocenters. The SMILES string of the molecule is CC1(C)[C@@H](O)C[C@H]1Nc1nc(NCc2c[nH+]ccc2C(F)(F)F)ncc1C#N. The van der Waals surface area contributed by atoms with E-state index in [1.807, 2.05) is 19.9 Å². The summed E-state index contributed by atoms with van der Waals surface area (Å²) in [6.07, 6.45) is -0.634. The number of alkyl halides is 3. The molecular formula is C18H20F3N6O+. The van der Waals surface area contributed by atoms with Gasteiger partial charge in [-0.25, -0.2) is 9.97 Å². The number of anilines is 2. The molecule has 2 heterocycles. The normalized spacial score (nSPS) is 20.8. The van der Waals surface area contributed by atoms with E-state index in [4.69, 9.17) is 0 Å². The number of aliphatic hydroxyl groups excluding tert-OH is 1. The van der Waals surface area contributed by atoms with E-state index >= 15 is 0 Å². The molecule has 148 valence electrons. The molecule has 3 rings (SSSR count). The predicted octanol–water partition coefficient (Wildman–Crippen LogP) is 2.36. The number of nitrogens with one attached hydrogen (secondary N) is 3. The van der Waals surface area contributed by atoms with Gasteiger partial charge in [0.15, 0.2) is 12.4 Å². The standard InChI is InChI=1S/C18H19F3N6O/c1-17(2)13(5-14(17)28)26-15-10(6-22)8-24-16(27-15)25-9-11-7-23-4-3-12(11)18(19,20)21/h3-4,7-8,13-14,28H,5,9H2,1-2H3,(H2,24,25,26,27)/p+1/t13-,14+/m1/s1. The monoisotopic (exact) mass is 393 g/mol. The van der Waals surface area contributed by atoms with Crippen molar-refractivity contribution in [2.24, 2.45) is 5.41 Å². The molecule has 0 saturated heterocycles. The number of halogens is 3. The van der Waals surface area contributed by atoms with Gasteiger partial charge in [-0.3, -0.25) is 0 Å². The second kappa shape index (κ2) is 7.24. The zero-order chi connectivity index (χ0) is 20.5. The molecule has 10 heteroatoms. The fraction of sp³-hybridized carbons (Fsp3) is 0.444. The minimum Gasteiger partial charge on any atom is -0.392 e. The van der Waals surface area contributed by atoms with E-state index in [0.717, 1.165) is 6.07 Å². The van der Waals surface area contributed by atoms with Gasteiger partial charge in [-0.2, -0.15) is 23.4 Å². The highest BCUT2D eigenvalue weighted by Crippen LogP contribution is 2.42. The van der Waals surface area contributed by atoms with Gasteiger partial charge in [-0.1, -0.05) is 13.8 Å². The predicted molar refractivity (Wildman–Crippen MR) is 93.9 cm³/mol. The molecule has 1 fully saturated rings. The Labute approximate surface area is 159 Å². The van der Waals surface area contributed by atoms with Gasteiger partial charge in [0.05, 0.1) is 17.9 Å². The van der Waals surface area contributed by atoms with Crippen molar-refractivity contribution in [1.82, 2.24) is 9.97 Å². The molecule has 0 aromatic carbocycles. The number of H-pyrrole nitrogens is 1. The average molecular weight is 393 g/mol. The topological polar surface area (TPSA) is 108 Å². The lowest BCUT2D eigenvalue weighted by Gasteiger charge is -2.49. The lowest BCUT2D eigenvalue weighted by molar-refractivity contribution is -0.379. The zero-order valence-corrected chi connectivity index (χ0v) is 15.3. The number of hydrogen-bond acceptors (Lipinski definition) is 6. The third-order valence-electron chi connectivity index (χ3n) is 5.13. The average Bonchev–Trinajstić information content (AvgIpc) is 2.65. The Bertz CT molecular complexity index is 909. The van der Waals surface area contributed by atoms with Crippen LogP contribution >= 0.6 is 0 Å². The van der Waals surface area contributed by atoms with E-state index in [9.17, 15) is 23.5 Å². The summed E-state index contributed by atoms with van der Waals surface area (Å²) in [5.41, 5.74) is -0.907. The van der Waals surface area contributed by atoms with Crippen LogP contribution in [0.5, 0.6) is 0 Å². The van der Waals surface area contributed by atoms with E-state index in [-0.39, 0.29) is 40.9 Å². The van der Waals surface area contributed by atoms with Crippen LogP contribution in [0.25, 0.3) is 0 Å². The lowest BCUT2D eigenvalue weighted by Crippen LogP contribution is -2.57. The Morgan fingerprint density at radius 2 is 2.18 bits per heavy atom. The molecule has 0 bridgehead atoms. The lowest BCUT2D eigenvalue weighted by atomic mass is 9.64. The Morgan fingerprint density at radius 1 is 1.43 bits per heavy atom. The number of aromatic nitrogens is 3. The summed E-state index contributed by atoms with van der Waals surface area (Å²) in [4.78, 5) is 10.9. The largest absolute Gasteiger partial charge is 0.417 e. The van der Waals surface area contributed by atoms with Gasteiger partial charge in [-0.05, 0) is 6.42 Å². The maximum atomic E-state index is 13.1. The van der Waals surface area contributed by atoms with Crippen molar-refractivity contribution < 1.29 is 23.3 Å². The molecule has 1 saturated carbocycles. The van der Waals surface area contributed by atoms with Gasteiger partial charge in [-0.15, -0.1) is 0 Å². The van der Waals surface area contributed by atoms with Crippen LogP contribution in [0.2, 0.25) is 0 Å². The van der Waals surface area contributed by atoms with Crippen LogP contribution in [-0.4, -0.2) is 27.2 Å². The van der Waals surface area contributed by atoms with Crippen molar-refractivity contribution in [2.75, 3.05) is 10.6 Å². The van der Waals surface area contributed by atoms with Crippen LogP contribution in [0.15, 0.2) is 24.7 Å². The summed E-state index contributed by atoms with van der Waals surface area (Å²) < 4.78 is 39.3. The molecule has 28 heavy (non-hydrogen) atoms. The fourth-order valence-corrected chi connectivity index (χ4v) is 3.03. The summed E-state index contributed by atoms with van der Waals surface area (Å²) in [7, 11) is 0. The fourth-order valence-electron chi connectivity index (χ4n) is 3.03. The third-order valence-corrected chi connectivity index (χ3v) is 5.13. The summed E-state index contributed by atoms with van der Waals surface area (Å²) in [6, 6.07) is 2.87. The summed E-state index contributed by atoms with van der Waals surface area (Å²) >= 11 is 0. The van der Waals surface area contributed by atoms with Crippen molar-refractivity contribution in [3.8, 4) is 6.07 Å². The maximum absolute atomic E-state index is 13.1. The van der Waals surface area contributed by atoms with E-state index in [2.05, 4.69) is 25.6 Å². The minimum absolute atomic E-state index is 0.0146. The Morgan fingerprint density at radius 3 is 2.79 bits per heavy atom. The van der Waals surface area contributed by atoms with Crippen molar-refractivity contribution in [3.63, 3.8) is 0 Å². The van der Waals surface area contributed by atoms with Crippen molar-refractivity contribution in [3.05, 3.63) is 41.3 Å². The van der Waals surface area contributed by atoms with Gasteiger partial charge in [0.25, 0.3) is 0 Å². The second-order valence-corrected chi connectivity index (χ2v) is 7.27. The number of nitriles is 1. The molecule has 0 spiro atoms. The highest BCUT2D eigenvalue weighted by molar-refractivity contribution is 5.54. The highest BCUT2D eigenvalue weighted by atomic mass is 19.4. The second-order valence-electron chi connectivity index (χ2n) is 7.27. The van der Waals surface area contributed by atoms with E-state index < -0.39 is 17.8 Å². The van der Waals surface area contributed by atoms with Crippen molar-refractivity contribution in [1.29, 1.82) is 5.26 Å². The number of aliphatic hydroxyl groups is 1. The molecule has 0 amide bonds. The first kappa shape index (κ1) is 19.8. The minimum atomic E-state index is -4.47. The van der Waals surface area contributed by atoms with Gasteiger partial charge >= 0.3 is 6.18 Å². The van der Waals surface area contributed by atoms with Crippen LogP contribution in [0, 0.1) is 16.7 Å². The molecule has 0 aliphatic heterocycles. The molecule has 2 aromatic rings. The number of pyridine rings is 1. The van der Waals surface area contributed by atoms with Crippen molar-refractivity contribution >= 4 is 11.8 Å². The molecule has 2 aromatic heterocycles. The van der Waals surface area contributed by atoms with E-state index in [1.54, 1.807) is 0 Å². The molecule has 1 aliphatic rings. The van der Waals surface area contributed by atoms with E-state index in [1.165, 1.54) is 18.6 Å². The molecular weight excluding hydrogens is 373 g/mol. The van der Waals surface area contributed by atoms with Crippen LogP contribution in [0.4, 0.5) is 24.9 Å². The first-order valence-corrected chi connectivity index (χ1v) is 8.64. The summed E-state index contributed by atoms with van der Waals surface area (Å²) in [5.74, 6) is 0.372. The summed E-state index contributed by atoms with van der Waals surface area (Å²) in [6.45, 7) is 3.65. The Kier molecular flexibility index (Phi) is 5.12. The number of hydrogen-bond donors (Lipinski definition) is 3. The van der Waals surface area contributed by atoms with Crippen LogP contribution in [0.3, 0.4) is 0 Å². The first-order valence-electron chi connectivity index (χ1n) is 8.64.